The van der Waals surface area contributed by atoms with Crippen molar-refractivity contribution in [3.05, 3.63) is 47.8 Å². The number of aromatic nitrogens is 2. The van der Waals surface area contributed by atoms with Gasteiger partial charge in [0, 0.05) is 30.8 Å². The van der Waals surface area contributed by atoms with Crippen LogP contribution in [0, 0.1) is 0 Å². The Hall–Kier alpha value is -2.51. The standard InChI is InChI=1S/C19H20F3N3O2/c1-12-14-6-2-3-7-15(14)27-17(12)18(26)24-9-4-5-13(11-24)25-10-8-16(23-25)19(20,21)22/h2-3,6-8,10,12-13,17H,4-5,9,11H2,1H3/t12-,13-,17+/m1/s1. The molecule has 5 nitrogen and oxygen atoms in total. The second-order valence-electron chi connectivity index (χ2n) is 7.12. The average Bonchev–Trinajstić information content (AvgIpc) is 3.27. The van der Waals surface area contributed by atoms with Crippen LogP contribution in [0.15, 0.2) is 36.5 Å². The van der Waals surface area contributed by atoms with E-state index in [4.69, 9.17) is 4.74 Å². The van der Waals surface area contributed by atoms with Gasteiger partial charge in [-0.05, 0) is 25.0 Å². The number of rotatable bonds is 2. The van der Waals surface area contributed by atoms with Crippen molar-refractivity contribution in [2.45, 2.75) is 44.0 Å². The zero-order chi connectivity index (χ0) is 19.2. The number of carbonyl (C=O) groups is 1. The van der Waals surface area contributed by atoms with E-state index in [0.29, 0.717) is 25.9 Å². The van der Waals surface area contributed by atoms with E-state index in [0.717, 1.165) is 17.4 Å². The fourth-order valence-corrected chi connectivity index (χ4v) is 3.87. The van der Waals surface area contributed by atoms with Crippen molar-refractivity contribution in [1.82, 2.24) is 14.7 Å². The fourth-order valence-electron chi connectivity index (χ4n) is 3.87. The maximum Gasteiger partial charge on any atom is 0.435 e. The summed E-state index contributed by atoms with van der Waals surface area (Å²) in [6.45, 7) is 2.87. The van der Waals surface area contributed by atoms with Crippen molar-refractivity contribution in [2.75, 3.05) is 13.1 Å². The number of hydrogen-bond acceptors (Lipinski definition) is 3. The van der Waals surface area contributed by atoms with Crippen LogP contribution in [-0.4, -0.2) is 39.8 Å². The lowest BCUT2D eigenvalue weighted by Gasteiger charge is -2.34. The van der Waals surface area contributed by atoms with Crippen LogP contribution in [0.1, 0.15) is 43.0 Å². The first-order valence-electron chi connectivity index (χ1n) is 9.01. The van der Waals surface area contributed by atoms with Crippen LogP contribution < -0.4 is 4.74 Å². The van der Waals surface area contributed by atoms with Gasteiger partial charge in [-0.15, -0.1) is 0 Å². The number of halogens is 3. The summed E-state index contributed by atoms with van der Waals surface area (Å²) in [5.41, 5.74) is 0.0976. The molecule has 1 amide bonds. The number of hydrogen-bond donors (Lipinski definition) is 0. The molecule has 144 valence electrons. The minimum Gasteiger partial charge on any atom is -0.480 e. The molecule has 2 aromatic rings. The van der Waals surface area contributed by atoms with E-state index in [2.05, 4.69) is 5.10 Å². The Morgan fingerprint density at radius 3 is 2.74 bits per heavy atom. The molecule has 1 saturated heterocycles. The Bertz CT molecular complexity index is 849. The number of carbonyl (C=O) groups excluding carboxylic acids is 1. The molecule has 0 N–H and O–H groups in total. The molecule has 1 aromatic carbocycles. The highest BCUT2D eigenvalue weighted by Crippen LogP contribution is 2.39. The first kappa shape index (κ1) is 17.9. The summed E-state index contributed by atoms with van der Waals surface area (Å²) >= 11 is 0. The third kappa shape index (κ3) is 3.28. The third-order valence-corrected chi connectivity index (χ3v) is 5.34. The smallest absolute Gasteiger partial charge is 0.435 e. The molecular weight excluding hydrogens is 359 g/mol. The minimum atomic E-state index is -4.46. The van der Waals surface area contributed by atoms with Crippen molar-refractivity contribution < 1.29 is 22.7 Å². The molecule has 0 aliphatic carbocycles. The Morgan fingerprint density at radius 1 is 1.26 bits per heavy atom. The van der Waals surface area contributed by atoms with E-state index < -0.39 is 18.0 Å². The fraction of sp³-hybridized carbons (Fsp3) is 0.474. The van der Waals surface area contributed by atoms with Crippen molar-refractivity contribution in [3.63, 3.8) is 0 Å². The first-order chi connectivity index (χ1) is 12.8. The van der Waals surface area contributed by atoms with Gasteiger partial charge in [-0.2, -0.15) is 18.3 Å². The molecule has 0 bridgehead atoms. The number of ether oxygens (including phenoxy) is 1. The number of likely N-dealkylation sites (tertiary alicyclic amines) is 1. The van der Waals surface area contributed by atoms with Gasteiger partial charge in [0.05, 0.1) is 6.04 Å². The predicted molar refractivity (Wildman–Crippen MR) is 91.4 cm³/mol. The van der Waals surface area contributed by atoms with E-state index in [1.54, 1.807) is 4.90 Å². The molecule has 4 rings (SSSR count). The summed E-state index contributed by atoms with van der Waals surface area (Å²) in [6, 6.07) is 8.29. The molecule has 2 aliphatic heterocycles. The molecule has 0 spiro atoms. The normalized spacial score (nSPS) is 25.2. The molecule has 8 heteroatoms. The van der Waals surface area contributed by atoms with Gasteiger partial charge in [0.1, 0.15) is 5.75 Å². The number of fused-ring (bicyclic) bond motifs is 1. The van der Waals surface area contributed by atoms with Gasteiger partial charge >= 0.3 is 6.18 Å². The summed E-state index contributed by atoms with van der Waals surface area (Å²) in [4.78, 5) is 14.7. The van der Waals surface area contributed by atoms with Crippen LogP contribution in [0.3, 0.4) is 0 Å². The summed E-state index contributed by atoms with van der Waals surface area (Å²) in [6.07, 6.45) is -2.32. The number of benzene rings is 1. The summed E-state index contributed by atoms with van der Waals surface area (Å²) in [5.74, 6) is 0.543. The second kappa shape index (κ2) is 6.58. The molecule has 1 aromatic heterocycles. The number of alkyl halides is 3. The predicted octanol–water partition coefficient (Wildman–Crippen LogP) is 3.63. The molecular formula is C19H20F3N3O2. The lowest BCUT2D eigenvalue weighted by molar-refractivity contribution is -0.143. The number of piperidine rings is 1. The van der Waals surface area contributed by atoms with Crippen molar-refractivity contribution in [3.8, 4) is 5.75 Å². The average molecular weight is 379 g/mol. The molecule has 0 saturated carbocycles. The zero-order valence-electron chi connectivity index (χ0n) is 14.8. The van der Waals surface area contributed by atoms with Crippen LogP contribution in [0.25, 0.3) is 0 Å². The monoisotopic (exact) mass is 379 g/mol. The Labute approximate surface area is 154 Å². The molecule has 0 unspecified atom stereocenters. The van der Waals surface area contributed by atoms with E-state index in [1.807, 2.05) is 31.2 Å². The molecule has 27 heavy (non-hydrogen) atoms. The Morgan fingerprint density at radius 2 is 2.04 bits per heavy atom. The van der Waals surface area contributed by atoms with Gasteiger partial charge in [-0.25, -0.2) is 0 Å². The second-order valence-corrected chi connectivity index (χ2v) is 7.12. The number of para-hydroxylation sites is 1. The van der Waals surface area contributed by atoms with Crippen LogP contribution in [-0.2, 0) is 11.0 Å². The number of nitrogens with zero attached hydrogens (tertiary/aromatic N) is 3. The zero-order valence-corrected chi connectivity index (χ0v) is 14.8. The molecule has 3 heterocycles. The maximum atomic E-state index is 13.0. The maximum absolute atomic E-state index is 13.0. The topological polar surface area (TPSA) is 47.4 Å². The van der Waals surface area contributed by atoms with Gasteiger partial charge in [0.25, 0.3) is 5.91 Å². The summed E-state index contributed by atoms with van der Waals surface area (Å²) < 4.78 is 45.6. The lowest BCUT2D eigenvalue weighted by atomic mass is 9.96. The number of amides is 1. The molecule has 1 fully saturated rings. The lowest BCUT2D eigenvalue weighted by Crippen LogP contribution is -2.47. The SMILES string of the molecule is C[C@@H]1c2ccccc2O[C@@H]1C(=O)N1CCC[C@@H](n2ccc(C(F)(F)F)n2)C1. The minimum absolute atomic E-state index is 0.0596. The van der Waals surface area contributed by atoms with Crippen molar-refractivity contribution in [1.29, 1.82) is 0 Å². The van der Waals surface area contributed by atoms with Gasteiger partial charge in [-0.3, -0.25) is 9.48 Å². The first-order valence-corrected chi connectivity index (χ1v) is 9.01. The molecule has 3 atom stereocenters. The highest BCUT2D eigenvalue weighted by Gasteiger charge is 2.40. The van der Waals surface area contributed by atoms with Crippen LogP contribution in [0.2, 0.25) is 0 Å². The summed E-state index contributed by atoms with van der Waals surface area (Å²) in [7, 11) is 0. The van der Waals surface area contributed by atoms with E-state index >= 15 is 0 Å². The molecule has 0 radical (unpaired) electrons. The van der Waals surface area contributed by atoms with Gasteiger partial charge in [0.2, 0.25) is 0 Å². The van der Waals surface area contributed by atoms with Crippen LogP contribution in [0.4, 0.5) is 13.2 Å². The quantitative estimate of drug-likeness (QED) is 0.801. The van der Waals surface area contributed by atoms with Crippen LogP contribution >= 0.6 is 0 Å². The highest BCUT2D eigenvalue weighted by molar-refractivity contribution is 5.83. The van der Waals surface area contributed by atoms with E-state index in [9.17, 15) is 18.0 Å². The van der Waals surface area contributed by atoms with E-state index in [-0.39, 0.29) is 17.9 Å². The van der Waals surface area contributed by atoms with Gasteiger partial charge in [-0.1, -0.05) is 25.1 Å². The van der Waals surface area contributed by atoms with E-state index in [1.165, 1.54) is 10.9 Å². The largest absolute Gasteiger partial charge is 0.480 e. The highest BCUT2D eigenvalue weighted by atomic mass is 19.4. The molecule has 2 aliphatic rings. The van der Waals surface area contributed by atoms with Gasteiger partial charge in [0.15, 0.2) is 11.8 Å². The van der Waals surface area contributed by atoms with Crippen molar-refractivity contribution in [2.24, 2.45) is 0 Å². The summed E-state index contributed by atoms with van der Waals surface area (Å²) in [5, 5.41) is 3.67. The Kier molecular flexibility index (Phi) is 4.36. The van der Waals surface area contributed by atoms with Crippen LogP contribution in [0.5, 0.6) is 5.75 Å². The van der Waals surface area contributed by atoms with Gasteiger partial charge < -0.3 is 9.64 Å². The Balaban J connectivity index is 1.47. The third-order valence-electron chi connectivity index (χ3n) is 5.34. The van der Waals surface area contributed by atoms with Crippen molar-refractivity contribution >= 4 is 5.91 Å².